The van der Waals surface area contributed by atoms with Gasteiger partial charge in [0.15, 0.2) is 0 Å². The molecule has 2 heterocycles. The summed E-state index contributed by atoms with van der Waals surface area (Å²) in [5.74, 6) is 0.741. The first kappa shape index (κ1) is 18.1. The smallest absolute Gasteiger partial charge is 0.223 e. The molecule has 0 unspecified atom stereocenters. The van der Waals surface area contributed by atoms with Crippen LogP contribution < -0.4 is 10.1 Å². The van der Waals surface area contributed by atoms with Crippen LogP contribution in [0, 0.1) is 0 Å². The van der Waals surface area contributed by atoms with E-state index in [4.69, 9.17) is 4.74 Å². The average molecular weight is 367 g/mol. The molecular formula is C20H21N3O2S. The van der Waals surface area contributed by atoms with Gasteiger partial charge in [0.1, 0.15) is 10.8 Å². The molecule has 0 aliphatic rings. The molecule has 5 nitrogen and oxygen atoms in total. The lowest BCUT2D eigenvalue weighted by atomic mass is 10.2. The number of rotatable bonds is 8. The van der Waals surface area contributed by atoms with Gasteiger partial charge in [-0.15, -0.1) is 11.3 Å². The fraction of sp³-hybridized carbons (Fsp3) is 0.250. The van der Waals surface area contributed by atoms with Crippen LogP contribution in [-0.2, 0) is 17.8 Å². The number of pyridine rings is 1. The Kier molecular flexibility index (Phi) is 6.33. The summed E-state index contributed by atoms with van der Waals surface area (Å²) >= 11 is 1.56. The van der Waals surface area contributed by atoms with Crippen LogP contribution in [0.4, 0.5) is 0 Å². The third kappa shape index (κ3) is 5.13. The van der Waals surface area contributed by atoms with Crippen LogP contribution in [0.2, 0.25) is 0 Å². The maximum Gasteiger partial charge on any atom is 0.223 e. The summed E-state index contributed by atoms with van der Waals surface area (Å²) < 4.78 is 5.61. The van der Waals surface area contributed by atoms with Gasteiger partial charge in [-0.3, -0.25) is 9.78 Å². The number of nitrogens with one attached hydrogen (secondary N) is 1. The van der Waals surface area contributed by atoms with E-state index in [0.29, 0.717) is 19.6 Å². The molecule has 1 N–H and O–H groups in total. The van der Waals surface area contributed by atoms with Crippen molar-refractivity contribution in [2.75, 3.05) is 6.61 Å². The number of nitrogens with zero attached hydrogens (tertiary/aromatic N) is 2. The molecule has 1 amide bonds. The fourth-order valence-electron chi connectivity index (χ4n) is 2.38. The van der Waals surface area contributed by atoms with E-state index in [1.807, 2.05) is 41.8 Å². The minimum absolute atomic E-state index is 0.0476. The van der Waals surface area contributed by atoms with E-state index in [1.165, 1.54) is 5.56 Å². The Morgan fingerprint density at radius 2 is 1.92 bits per heavy atom. The number of thiazole rings is 1. The fourth-order valence-corrected chi connectivity index (χ4v) is 3.20. The first-order valence-electron chi connectivity index (χ1n) is 8.58. The normalized spacial score (nSPS) is 10.5. The lowest BCUT2D eigenvalue weighted by Gasteiger charge is -2.07. The first-order valence-corrected chi connectivity index (χ1v) is 9.46. The number of carbonyl (C=O) groups is 1. The molecule has 3 aromatic rings. The number of carbonyl (C=O) groups excluding carboxylic acids is 1. The molecule has 0 fully saturated rings. The number of amides is 1. The van der Waals surface area contributed by atoms with Crippen LogP contribution in [0.5, 0.6) is 5.75 Å². The van der Waals surface area contributed by atoms with Crippen molar-refractivity contribution in [1.82, 2.24) is 15.3 Å². The second-order valence-electron chi connectivity index (χ2n) is 5.75. The Morgan fingerprint density at radius 3 is 2.65 bits per heavy atom. The third-order valence-corrected chi connectivity index (χ3v) is 4.82. The highest BCUT2D eigenvalue weighted by Crippen LogP contribution is 2.22. The molecule has 3 rings (SSSR count). The standard InChI is InChI=1S/C20H21N3O2S/c1-2-15-3-5-18(6-4-15)25-12-9-19(24)22-13-17-14-26-20(23-17)16-7-10-21-11-8-16/h3-8,10-11,14H,2,9,12-13H2,1H3,(H,22,24). The van der Waals surface area contributed by atoms with Gasteiger partial charge in [-0.25, -0.2) is 4.98 Å². The first-order chi connectivity index (χ1) is 12.7. The minimum atomic E-state index is -0.0476. The molecule has 0 spiro atoms. The molecule has 0 radical (unpaired) electrons. The Morgan fingerprint density at radius 1 is 1.15 bits per heavy atom. The van der Waals surface area contributed by atoms with Crippen LogP contribution in [0.1, 0.15) is 24.6 Å². The second kappa shape index (κ2) is 9.10. The van der Waals surface area contributed by atoms with Crippen molar-refractivity contribution in [2.45, 2.75) is 26.3 Å². The van der Waals surface area contributed by atoms with Gasteiger partial charge in [-0.05, 0) is 36.2 Å². The molecule has 0 saturated carbocycles. The van der Waals surface area contributed by atoms with E-state index >= 15 is 0 Å². The van der Waals surface area contributed by atoms with Crippen molar-refractivity contribution < 1.29 is 9.53 Å². The zero-order valence-electron chi connectivity index (χ0n) is 14.6. The quantitative estimate of drug-likeness (QED) is 0.657. The number of hydrogen-bond donors (Lipinski definition) is 1. The minimum Gasteiger partial charge on any atom is -0.493 e. The largest absolute Gasteiger partial charge is 0.493 e. The molecular weight excluding hydrogens is 346 g/mol. The summed E-state index contributed by atoms with van der Waals surface area (Å²) in [5.41, 5.74) is 3.15. The molecule has 0 bridgehead atoms. The van der Waals surface area contributed by atoms with E-state index in [9.17, 15) is 4.79 Å². The zero-order valence-corrected chi connectivity index (χ0v) is 15.5. The molecule has 0 aliphatic carbocycles. The van der Waals surface area contributed by atoms with Gasteiger partial charge >= 0.3 is 0 Å². The van der Waals surface area contributed by atoms with Crippen LogP contribution in [0.3, 0.4) is 0 Å². The Balaban J connectivity index is 1.40. The molecule has 0 aliphatic heterocycles. The summed E-state index contributed by atoms with van der Waals surface area (Å²) in [6.45, 7) is 2.89. The summed E-state index contributed by atoms with van der Waals surface area (Å²) in [7, 11) is 0. The topological polar surface area (TPSA) is 64.1 Å². The van der Waals surface area contributed by atoms with Crippen molar-refractivity contribution in [2.24, 2.45) is 0 Å². The van der Waals surface area contributed by atoms with Gasteiger partial charge in [-0.2, -0.15) is 0 Å². The van der Waals surface area contributed by atoms with Crippen LogP contribution >= 0.6 is 11.3 Å². The summed E-state index contributed by atoms with van der Waals surface area (Å²) in [6, 6.07) is 11.8. The maximum absolute atomic E-state index is 12.0. The molecule has 1 aromatic carbocycles. The Bertz CT molecular complexity index is 832. The van der Waals surface area contributed by atoms with Crippen molar-refractivity contribution in [3.8, 4) is 16.3 Å². The van der Waals surface area contributed by atoms with Crippen LogP contribution in [0.15, 0.2) is 54.2 Å². The SMILES string of the molecule is CCc1ccc(OCCC(=O)NCc2csc(-c3ccncc3)n2)cc1. The number of aryl methyl sites for hydroxylation is 1. The summed E-state index contributed by atoms with van der Waals surface area (Å²) in [4.78, 5) is 20.5. The number of hydrogen-bond acceptors (Lipinski definition) is 5. The van der Waals surface area contributed by atoms with E-state index in [1.54, 1.807) is 23.7 Å². The summed E-state index contributed by atoms with van der Waals surface area (Å²) in [5, 5.41) is 5.77. The van der Waals surface area contributed by atoms with Crippen molar-refractivity contribution in [3.63, 3.8) is 0 Å². The number of benzene rings is 1. The highest BCUT2D eigenvalue weighted by atomic mass is 32.1. The van der Waals surface area contributed by atoms with E-state index in [-0.39, 0.29) is 5.91 Å². The Hall–Kier alpha value is -2.73. The summed E-state index contributed by atoms with van der Waals surface area (Å²) in [6.07, 6.45) is 4.81. The van der Waals surface area contributed by atoms with Gasteiger partial charge in [0.05, 0.1) is 25.3 Å². The van der Waals surface area contributed by atoms with Crippen molar-refractivity contribution >= 4 is 17.2 Å². The van der Waals surface area contributed by atoms with Crippen LogP contribution in [0.25, 0.3) is 10.6 Å². The second-order valence-corrected chi connectivity index (χ2v) is 6.61. The molecule has 6 heteroatoms. The lowest BCUT2D eigenvalue weighted by molar-refractivity contribution is -0.121. The highest BCUT2D eigenvalue weighted by Gasteiger charge is 2.07. The molecule has 0 atom stereocenters. The zero-order chi connectivity index (χ0) is 18.2. The lowest BCUT2D eigenvalue weighted by Crippen LogP contribution is -2.24. The van der Waals surface area contributed by atoms with E-state index in [2.05, 4.69) is 22.2 Å². The van der Waals surface area contributed by atoms with Crippen molar-refractivity contribution in [1.29, 1.82) is 0 Å². The van der Waals surface area contributed by atoms with Gasteiger partial charge in [-0.1, -0.05) is 19.1 Å². The van der Waals surface area contributed by atoms with E-state index in [0.717, 1.165) is 28.4 Å². The highest BCUT2D eigenvalue weighted by molar-refractivity contribution is 7.13. The Labute approximate surface area is 157 Å². The van der Waals surface area contributed by atoms with Crippen molar-refractivity contribution in [3.05, 3.63) is 65.4 Å². The van der Waals surface area contributed by atoms with Gasteiger partial charge in [0.2, 0.25) is 5.91 Å². The molecule has 134 valence electrons. The third-order valence-electron chi connectivity index (χ3n) is 3.88. The van der Waals surface area contributed by atoms with Gasteiger partial charge in [0.25, 0.3) is 0 Å². The maximum atomic E-state index is 12.0. The predicted octanol–water partition coefficient (Wildman–Crippen LogP) is 3.85. The van der Waals surface area contributed by atoms with E-state index < -0.39 is 0 Å². The van der Waals surface area contributed by atoms with Gasteiger partial charge < -0.3 is 10.1 Å². The van der Waals surface area contributed by atoms with Gasteiger partial charge in [0, 0.05) is 23.3 Å². The predicted molar refractivity (Wildman–Crippen MR) is 103 cm³/mol. The number of ether oxygens (including phenoxy) is 1. The van der Waals surface area contributed by atoms with Crippen LogP contribution in [-0.4, -0.2) is 22.5 Å². The molecule has 26 heavy (non-hydrogen) atoms. The average Bonchev–Trinajstić information content (AvgIpc) is 3.17. The molecule has 0 saturated heterocycles. The monoisotopic (exact) mass is 367 g/mol. The molecule has 2 aromatic heterocycles. The number of aromatic nitrogens is 2.